The van der Waals surface area contributed by atoms with Crippen LogP contribution in [0, 0.1) is 11.3 Å². The number of amides is 1. The Labute approximate surface area is 157 Å². The summed E-state index contributed by atoms with van der Waals surface area (Å²) >= 11 is 0. The Morgan fingerprint density at radius 2 is 1.81 bits per heavy atom. The van der Waals surface area contributed by atoms with Crippen LogP contribution in [0.3, 0.4) is 0 Å². The van der Waals surface area contributed by atoms with Gasteiger partial charge in [0.2, 0.25) is 0 Å². The van der Waals surface area contributed by atoms with Gasteiger partial charge in [-0.1, -0.05) is 6.07 Å². The van der Waals surface area contributed by atoms with E-state index in [4.69, 9.17) is 10.00 Å². The summed E-state index contributed by atoms with van der Waals surface area (Å²) in [7, 11) is 0. The Balaban J connectivity index is 1.78. The summed E-state index contributed by atoms with van der Waals surface area (Å²) in [6.45, 7) is 3.35. The molecule has 0 fully saturated rings. The lowest BCUT2D eigenvalue weighted by Crippen LogP contribution is -2.40. The van der Waals surface area contributed by atoms with Gasteiger partial charge in [0.1, 0.15) is 17.2 Å². The van der Waals surface area contributed by atoms with Crippen molar-refractivity contribution in [3.05, 3.63) is 65.9 Å². The molecule has 27 heavy (non-hydrogen) atoms. The number of ether oxygens (including phenoxy) is 1. The summed E-state index contributed by atoms with van der Waals surface area (Å²) < 4.78 is 5.80. The molecule has 136 valence electrons. The molecule has 0 aliphatic heterocycles. The van der Waals surface area contributed by atoms with Crippen LogP contribution < -0.4 is 10.1 Å². The van der Waals surface area contributed by atoms with E-state index in [1.807, 2.05) is 6.07 Å². The second kappa shape index (κ2) is 7.85. The number of nitrogens with zero attached hydrogens (tertiary/aromatic N) is 2. The second-order valence-corrected chi connectivity index (χ2v) is 6.29. The van der Waals surface area contributed by atoms with Crippen LogP contribution in [0.15, 0.2) is 54.6 Å². The molecule has 0 aliphatic carbocycles. The van der Waals surface area contributed by atoms with Gasteiger partial charge in [0.25, 0.3) is 5.91 Å². The molecule has 2 atom stereocenters. The largest absolute Gasteiger partial charge is 0.457 e. The van der Waals surface area contributed by atoms with E-state index in [0.717, 1.165) is 5.39 Å². The number of aliphatic hydroxyl groups is 1. The highest BCUT2D eigenvalue weighted by atomic mass is 16.5. The third-order valence-electron chi connectivity index (χ3n) is 4.19. The van der Waals surface area contributed by atoms with E-state index in [1.165, 1.54) is 0 Å². The Morgan fingerprint density at radius 3 is 2.48 bits per heavy atom. The quantitative estimate of drug-likeness (QED) is 0.726. The van der Waals surface area contributed by atoms with E-state index in [-0.39, 0.29) is 17.6 Å². The molecule has 3 aromatic rings. The number of carbonyl (C=O) groups excluding carboxylic acids is 1. The lowest BCUT2D eigenvalue weighted by Gasteiger charge is -2.16. The average Bonchev–Trinajstić information content (AvgIpc) is 2.68. The Bertz CT molecular complexity index is 1010. The summed E-state index contributed by atoms with van der Waals surface area (Å²) in [5, 5.41) is 21.9. The highest BCUT2D eigenvalue weighted by molar-refractivity contribution is 5.95. The monoisotopic (exact) mass is 361 g/mol. The molecule has 0 unspecified atom stereocenters. The van der Waals surface area contributed by atoms with Gasteiger partial charge < -0.3 is 15.2 Å². The first-order chi connectivity index (χ1) is 13.0. The fourth-order valence-corrected chi connectivity index (χ4v) is 2.43. The maximum Gasteiger partial charge on any atom is 0.270 e. The number of aromatic nitrogens is 1. The van der Waals surface area contributed by atoms with Crippen LogP contribution in [0.1, 0.15) is 29.9 Å². The molecule has 1 aromatic heterocycles. The molecule has 0 spiro atoms. The summed E-state index contributed by atoms with van der Waals surface area (Å²) in [6, 6.07) is 17.4. The molecule has 1 heterocycles. The Hall–Kier alpha value is -3.43. The van der Waals surface area contributed by atoms with Gasteiger partial charge in [0.15, 0.2) is 0 Å². The first-order valence-electron chi connectivity index (χ1n) is 8.54. The zero-order valence-corrected chi connectivity index (χ0v) is 15.0. The number of benzene rings is 2. The van der Waals surface area contributed by atoms with E-state index in [9.17, 15) is 9.90 Å². The number of hydrogen-bond donors (Lipinski definition) is 2. The number of pyridine rings is 1. The van der Waals surface area contributed by atoms with E-state index < -0.39 is 6.10 Å². The molecule has 0 bridgehead atoms. The zero-order valence-electron chi connectivity index (χ0n) is 15.0. The molecule has 0 radical (unpaired) electrons. The van der Waals surface area contributed by atoms with E-state index in [2.05, 4.69) is 16.4 Å². The minimum absolute atomic E-state index is 0.288. The molecular formula is C21H19N3O3. The first-order valence-corrected chi connectivity index (χ1v) is 8.54. The third-order valence-corrected chi connectivity index (χ3v) is 4.19. The number of rotatable bonds is 5. The van der Waals surface area contributed by atoms with Crippen molar-refractivity contribution in [3.63, 3.8) is 0 Å². The molecule has 3 rings (SSSR count). The molecule has 0 saturated heterocycles. The van der Waals surface area contributed by atoms with Crippen molar-refractivity contribution in [1.29, 1.82) is 5.26 Å². The fourth-order valence-electron chi connectivity index (χ4n) is 2.43. The van der Waals surface area contributed by atoms with E-state index in [1.54, 1.807) is 62.4 Å². The van der Waals surface area contributed by atoms with Crippen LogP contribution in [0.2, 0.25) is 0 Å². The maximum atomic E-state index is 12.2. The highest BCUT2D eigenvalue weighted by Crippen LogP contribution is 2.25. The predicted octanol–water partition coefficient (Wildman–Crippen LogP) is 3.40. The van der Waals surface area contributed by atoms with Crippen LogP contribution in [0.5, 0.6) is 11.5 Å². The first kappa shape index (κ1) is 18.4. The Morgan fingerprint density at radius 1 is 1.11 bits per heavy atom. The number of aliphatic hydroxyl groups excluding tert-OH is 1. The maximum absolute atomic E-state index is 12.2. The van der Waals surface area contributed by atoms with Crippen molar-refractivity contribution in [2.75, 3.05) is 0 Å². The van der Waals surface area contributed by atoms with Gasteiger partial charge in [-0.25, -0.2) is 4.98 Å². The van der Waals surface area contributed by atoms with Gasteiger partial charge >= 0.3 is 0 Å². The van der Waals surface area contributed by atoms with Gasteiger partial charge in [-0.15, -0.1) is 0 Å². The molecule has 2 N–H and O–H groups in total. The molecule has 2 aromatic carbocycles. The SMILES string of the molecule is C[C@H](O)[C@H](C)NC(=O)c1ccc2cc(Oc3ccc(C#N)cc3)ccc2n1. The predicted molar refractivity (Wildman–Crippen MR) is 102 cm³/mol. The smallest absolute Gasteiger partial charge is 0.270 e. The fraction of sp³-hybridized carbons (Fsp3) is 0.190. The number of carbonyl (C=O) groups is 1. The molecule has 0 saturated carbocycles. The minimum atomic E-state index is -0.642. The number of nitriles is 1. The van der Waals surface area contributed by atoms with Crippen LogP contribution >= 0.6 is 0 Å². The second-order valence-electron chi connectivity index (χ2n) is 6.29. The van der Waals surface area contributed by atoms with Crippen LogP contribution in [0.4, 0.5) is 0 Å². The number of fused-ring (bicyclic) bond motifs is 1. The molecule has 0 aliphatic rings. The van der Waals surface area contributed by atoms with Crippen LogP contribution in [-0.2, 0) is 0 Å². The van der Waals surface area contributed by atoms with Crippen LogP contribution in [0.25, 0.3) is 10.9 Å². The van der Waals surface area contributed by atoms with Crippen LogP contribution in [-0.4, -0.2) is 28.1 Å². The summed E-state index contributed by atoms with van der Waals surface area (Å²) in [4.78, 5) is 16.6. The molecule has 6 nitrogen and oxygen atoms in total. The number of nitrogens with one attached hydrogen (secondary N) is 1. The summed E-state index contributed by atoms with van der Waals surface area (Å²) in [6.07, 6.45) is -0.642. The van der Waals surface area contributed by atoms with Crippen molar-refractivity contribution < 1.29 is 14.6 Å². The van der Waals surface area contributed by atoms with Crippen molar-refractivity contribution in [2.24, 2.45) is 0 Å². The van der Waals surface area contributed by atoms with E-state index >= 15 is 0 Å². The average molecular weight is 361 g/mol. The normalized spacial score (nSPS) is 12.8. The molecule has 6 heteroatoms. The third kappa shape index (κ3) is 4.40. The van der Waals surface area contributed by atoms with Crippen molar-refractivity contribution in [2.45, 2.75) is 26.0 Å². The summed E-state index contributed by atoms with van der Waals surface area (Å²) in [5.74, 6) is 0.932. The van der Waals surface area contributed by atoms with Crippen molar-refractivity contribution in [1.82, 2.24) is 10.3 Å². The molecular weight excluding hydrogens is 342 g/mol. The van der Waals surface area contributed by atoms with Crippen molar-refractivity contribution >= 4 is 16.8 Å². The standard InChI is InChI=1S/C21H19N3O3/c1-13(14(2)25)23-21(26)20-9-5-16-11-18(8-10-19(16)24-20)27-17-6-3-15(12-22)4-7-17/h3-11,13-14,25H,1-2H3,(H,23,26)/t13-,14-/m0/s1. The van der Waals surface area contributed by atoms with Gasteiger partial charge in [0.05, 0.1) is 29.3 Å². The minimum Gasteiger partial charge on any atom is -0.457 e. The van der Waals surface area contributed by atoms with E-state index in [0.29, 0.717) is 22.6 Å². The highest BCUT2D eigenvalue weighted by Gasteiger charge is 2.15. The van der Waals surface area contributed by atoms with Gasteiger partial charge in [-0.05, 0) is 62.4 Å². The zero-order chi connectivity index (χ0) is 19.4. The number of hydrogen-bond acceptors (Lipinski definition) is 5. The van der Waals surface area contributed by atoms with Gasteiger partial charge in [-0.2, -0.15) is 5.26 Å². The van der Waals surface area contributed by atoms with Gasteiger partial charge in [0, 0.05) is 5.39 Å². The lowest BCUT2D eigenvalue weighted by molar-refractivity contribution is 0.0869. The molecule has 1 amide bonds. The summed E-state index contributed by atoms with van der Waals surface area (Å²) in [5.41, 5.74) is 1.52. The van der Waals surface area contributed by atoms with Crippen molar-refractivity contribution in [3.8, 4) is 17.6 Å². The Kier molecular flexibility index (Phi) is 5.34. The lowest BCUT2D eigenvalue weighted by atomic mass is 10.1. The van der Waals surface area contributed by atoms with Gasteiger partial charge in [-0.3, -0.25) is 4.79 Å². The topological polar surface area (TPSA) is 95.2 Å².